The summed E-state index contributed by atoms with van der Waals surface area (Å²) in [5.41, 5.74) is -0.798. The van der Waals surface area contributed by atoms with Gasteiger partial charge in [0, 0.05) is 19.0 Å². The van der Waals surface area contributed by atoms with Crippen molar-refractivity contribution in [1.29, 1.82) is 0 Å². The van der Waals surface area contributed by atoms with Crippen LogP contribution in [-0.4, -0.2) is 11.0 Å². The Bertz CT molecular complexity index is 417. The highest BCUT2D eigenvalue weighted by Gasteiger charge is 2.37. The predicted molar refractivity (Wildman–Crippen MR) is 72.3 cm³/mol. The minimum absolute atomic E-state index is 0.0660. The predicted octanol–water partition coefficient (Wildman–Crippen LogP) is 4.25. The fraction of sp³-hybridized carbons (Fsp3) is 0.769. The van der Waals surface area contributed by atoms with Crippen molar-refractivity contribution in [3.63, 3.8) is 0 Å². The van der Waals surface area contributed by atoms with E-state index in [1.807, 2.05) is 34.6 Å². The first kappa shape index (κ1) is 16.4. The molecule has 1 rings (SSSR count). The Hall–Kier alpha value is -0.620. The molecular formula is C13H21F3N2S. The molecule has 1 aromatic rings. The van der Waals surface area contributed by atoms with Crippen molar-refractivity contribution in [2.75, 3.05) is 0 Å². The summed E-state index contributed by atoms with van der Waals surface area (Å²) in [4.78, 5) is 4.08. The quantitative estimate of drug-likeness (QED) is 0.898. The number of nitrogens with zero attached hydrogens (tertiary/aromatic N) is 1. The van der Waals surface area contributed by atoms with Crippen LogP contribution in [0.1, 0.15) is 50.2 Å². The van der Waals surface area contributed by atoms with Gasteiger partial charge in [-0.3, -0.25) is 0 Å². The van der Waals surface area contributed by atoms with Crippen molar-refractivity contribution in [2.24, 2.45) is 5.41 Å². The molecule has 0 aliphatic rings. The maximum absolute atomic E-state index is 12.9. The van der Waals surface area contributed by atoms with Gasteiger partial charge in [0.15, 0.2) is 5.69 Å². The number of rotatable bonds is 4. The van der Waals surface area contributed by atoms with Gasteiger partial charge in [-0.2, -0.15) is 13.2 Å². The van der Waals surface area contributed by atoms with Crippen LogP contribution in [0.2, 0.25) is 0 Å². The Morgan fingerprint density at radius 1 is 1.21 bits per heavy atom. The third kappa shape index (κ3) is 5.48. The van der Waals surface area contributed by atoms with E-state index in [2.05, 4.69) is 10.3 Å². The lowest BCUT2D eigenvalue weighted by Gasteiger charge is -2.15. The third-order valence-electron chi connectivity index (χ3n) is 2.36. The van der Waals surface area contributed by atoms with E-state index in [0.717, 1.165) is 11.3 Å². The lowest BCUT2D eigenvalue weighted by Crippen LogP contribution is -2.23. The van der Waals surface area contributed by atoms with Gasteiger partial charge in [-0.15, -0.1) is 11.3 Å². The van der Waals surface area contributed by atoms with E-state index in [4.69, 9.17) is 0 Å². The van der Waals surface area contributed by atoms with Crippen molar-refractivity contribution in [1.82, 2.24) is 10.3 Å². The molecule has 1 heterocycles. The first-order valence-electron chi connectivity index (χ1n) is 6.28. The molecule has 0 radical (unpaired) electrons. The molecule has 0 atom stereocenters. The van der Waals surface area contributed by atoms with Gasteiger partial charge < -0.3 is 5.32 Å². The molecule has 1 aromatic heterocycles. The van der Waals surface area contributed by atoms with E-state index in [9.17, 15) is 13.2 Å². The number of hydrogen-bond acceptors (Lipinski definition) is 3. The number of hydrogen-bond donors (Lipinski definition) is 1. The average molecular weight is 294 g/mol. The molecule has 0 aliphatic heterocycles. The Labute approximate surface area is 116 Å². The van der Waals surface area contributed by atoms with Gasteiger partial charge >= 0.3 is 6.18 Å². The molecule has 0 unspecified atom stereocenters. The van der Waals surface area contributed by atoms with Gasteiger partial charge in [0.2, 0.25) is 0 Å². The SMILES string of the molecule is CC(C)NCc1sc(CC(C)(C)C)nc1C(F)(F)F. The number of aromatic nitrogens is 1. The summed E-state index contributed by atoms with van der Waals surface area (Å²) in [5, 5.41) is 3.58. The molecule has 0 aromatic carbocycles. The molecule has 0 aliphatic carbocycles. The normalized spacial score (nSPS) is 13.3. The van der Waals surface area contributed by atoms with Crippen molar-refractivity contribution in [3.8, 4) is 0 Å². The fourth-order valence-corrected chi connectivity index (χ4v) is 2.91. The highest BCUT2D eigenvalue weighted by atomic mass is 32.1. The second-order valence-corrected chi connectivity index (χ2v) is 7.32. The molecule has 110 valence electrons. The summed E-state index contributed by atoms with van der Waals surface area (Å²) in [6.45, 7) is 10.0. The van der Waals surface area contributed by atoms with Crippen LogP contribution in [0.15, 0.2) is 0 Å². The zero-order valence-corrected chi connectivity index (χ0v) is 12.8. The molecule has 0 amide bonds. The summed E-state index contributed by atoms with van der Waals surface area (Å²) in [6, 6.07) is 0.147. The summed E-state index contributed by atoms with van der Waals surface area (Å²) in [6.07, 6.45) is -3.82. The molecule has 0 bridgehead atoms. The van der Waals surface area contributed by atoms with Crippen LogP contribution in [0.3, 0.4) is 0 Å². The molecule has 6 heteroatoms. The maximum atomic E-state index is 12.9. The van der Waals surface area contributed by atoms with Crippen LogP contribution >= 0.6 is 11.3 Å². The van der Waals surface area contributed by atoms with Crippen molar-refractivity contribution >= 4 is 11.3 Å². The van der Waals surface area contributed by atoms with Crippen LogP contribution in [0.4, 0.5) is 13.2 Å². The lowest BCUT2D eigenvalue weighted by atomic mass is 9.93. The largest absolute Gasteiger partial charge is 0.434 e. The van der Waals surface area contributed by atoms with Crippen LogP contribution < -0.4 is 5.32 Å². The molecule has 0 fully saturated rings. The smallest absolute Gasteiger partial charge is 0.310 e. The maximum Gasteiger partial charge on any atom is 0.434 e. The summed E-state index contributed by atoms with van der Waals surface area (Å²) >= 11 is 1.16. The molecule has 0 spiro atoms. The van der Waals surface area contributed by atoms with Crippen LogP contribution in [0, 0.1) is 5.41 Å². The molecule has 0 saturated carbocycles. The molecule has 1 N–H and O–H groups in total. The fourth-order valence-electron chi connectivity index (χ4n) is 1.57. The zero-order chi connectivity index (χ0) is 14.8. The number of alkyl halides is 3. The van der Waals surface area contributed by atoms with E-state index in [-0.39, 0.29) is 22.9 Å². The Kier molecular flexibility index (Phi) is 5.01. The Balaban J connectivity index is 2.99. The van der Waals surface area contributed by atoms with Gasteiger partial charge in [-0.05, 0) is 5.41 Å². The number of nitrogens with one attached hydrogen (secondary N) is 1. The van der Waals surface area contributed by atoms with Gasteiger partial charge in [0.05, 0.1) is 9.88 Å². The highest BCUT2D eigenvalue weighted by Crippen LogP contribution is 2.36. The van der Waals surface area contributed by atoms with E-state index in [0.29, 0.717) is 11.4 Å². The van der Waals surface area contributed by atoms with Gasteiger partial charge in [-0.1, -0.05) is 34.6 Å². The minimum atomic E-state index is -4.37. The molecular weight excluding hydrogens is 273 g/mol. The van der Waals surface area contributed by atoms with Crippen molar-refractivity contribution < 1.29 is 13.2 Å². The lowest BCUT2D eigenvalue weighted by molar-refractivity contribution is -0.141. The van der Waals surface area contributed by atoms with Gasteiger partial charge in [0.25, 0.3) is 0 Å². The first-order chi connectivity index (χ1) is 8.49. The van der Waals surface area contributed by atoms with E-state index >= 15 is 0 Å². The van der Waals surface area contributed by atoms with Gasteiger partial charge in [-0.25, -0.2) is 4.98 Å². The van der Waals surface area contributed by atoms with Crippen LogP contribution in [0.25, 0.3) is 0 Å². The molecule has 0 saturated heterocycles. The van der Waals surface area contributed by atoms with E-state index < -0.39 is 11.9 Å². The number of halogens is 3. The van der Waals surface area contributed by atoms with Crippen LogP contribution in [0.5, 0.6) is 0 Å². The summed E-state index contributed by atoms with van der Waals surface area (Å²) < 4.78 is 38.8. The average Bonchev–Trinajstić information content (AvgIpc) is 2.54. The second kappa shape index (κ2) is 5.79. The standard InChI is InChI=1S/C13H21F3N2S/c1-8(2)17-7-9-11(13(14,15)16)18-10(19-9)6-12(3,4)5/h8,17H,6-7H2,1-5H3. The Morgan fingerprint density at radius 3 is 2.21 bits per heavy atom. The third-order valence-corrected chi connectivity index (χ3v) is 3.42. The molecule has 2 nitrogen and oxygen atoms in total. The number of thiazole rings is 1. The van der Waals surface area contributed by atoms with Gasteiger partial charge in [0.1, 0.15) is 0 Å². The highest BCUT2D eigenvalue weighted by molar-refractivity contribution is 7.11. The Morgan fingerprint density at radius 2 is 1.79 bits per heavy atom. The van der Waals surface area contributed by atoms with Crippen molar-refractivity contribution in [2.45, 2.75) is 59.8 Å². The second-order valence-electron chi connectivity index (χ2n) is 6.15. The summed E-state index contributed by atoms with van der Waals surface area (Å²) in [7, 11) is 0. The monoisotopic (exact) mass is 294 g/mol. The topological polar surface area (TPSA) is 24.9 Å². The molecule has 19 heavy (non-hydrogen) atoms. The van der Waals surface area contributed by atoms with Crippen molar-refractivity contribution in [3.05, 3.63) is 15.6 Å². The van der Waals surface area contributed by atoms with Crippen LogP contribution in [-0.2, 0) is 19.1 Å². The van der Waals surface area contributed by atoms with E-state index in [1.165, 1.54) is 0 Å². The summed E-state index contributed by atoms with van der Waals surface area (Å²) in [5.74, 6) is 0. The zero-order valence-electron chi connectivity index (χ0n) is 12.0. The van der Waals surface area contributed by atoms with E-state index in [1.54, 1.807) is 0 Å². The first-order valence-corrected chi connectivity index (χ1v) is 7.10. The minimum Gasteiger partial charge on any atom is -0.310 e.